The first-order chi connectivity index (χ1) is 6.34. The topological polar surface area (TPSA) is 25.2 Å². The third-order valence-corrected chi connectivity index (χ3v) is 2.22. The first-order valence-corrected chi connectivity index (χ1v) is 4.77. The van der Waals surface area contributed by atoms with Crippen LogP contribution in [0.25, 0.3) is 0 Å². The fraction of sp³-hybridized carbons (Fsp3) is 0.455. The molecule has 13 heavy (non-hydrogen) atoms. The first-order valence-electron chi connectivity index (χ1n) is 4.77. The van der Waals surface area contributed by atoms with E-state index in [9.17, 15) is 0 Å². The molecular formula is C11H14N2. The summed E-state index contributed by atoms with van der Waals surface area (Å²) < 4.78 is 0. The van der Waals surface area contributed by atoms with Gasteiger partial charge in [0.25, 0.3) is 0 Å². The minimum atomic E-state index is 0.874. The van der Waals surface area contributed by atoms with Gasteiger partial charge in [0.1, 0.15) is 0 Å². The molecule has 0 amide bonds. The number of pyridine rings is 1. The summed E-state index contributed by atoms with van der Waals surface area (Å²) in [5.41, 5.74) is 2.21. The lowest BCUT2D eigenvalue weighted by molar-refractivity contribution is 0.852. The van der Waals surface area contributed by atoms with Crippen molar-refractivity contribution in [1.82, 2.24) is 4.98 Å². The average molecular weight is 174 g/mol. The summed E-state index contributed by atoms with van der Waals surface area (Å²) in [6, 6.07) is 4.04. The van der Waals surface area contributed by atoms with E-state index in [4.69, 9.17) is 0 Å². The number of hydrogen-bond donors (Lipinski definition) is 0. The van der Waals surface area contributed by atoms with E-state index in [0.29, 0.717) is 0 Å². The molecule has 68 valence electrons. The molecule has 0 atom stereocenters. The molecule has 0 aliphatic heterocycles. The second kappa shape index (κ2) is 3.69. The molecule has 0 N–H and O–H groups in total. The third-order valence-electron chi connectivity index (χ3n) is 2.22. The zero-order valence-electron chi connectivity index (χ0n) is 7.90. The predicted molar refractivity (Wildman–Crippen MR) is 54.2 cm³/mol. The fourth-order valence-corrected chi connectivity index (χ4v) is 1.26. The molecular weight excluding hydrogens is 160 g/mol. The van der Waals surface area contributed by atoms with Crippen LogP contribution in [-0.4, -0.2) is 17.7 Å². The summed E-state index contributed by atoms with van der Waals surface area (Å²) in [5, 5.41) is 0. The molecule has 0 saturated heterocycles. The molecule has 0 aromatic carbocycles. The molecule has 1 saturated carbocycles. The lowest BCUT2D eigenvalue weighted by Gasteiger charge is -1.94. The SMILES string of the molecule is Cc1cc(C=NCC2CC2)ccn1. The Morgan fingerprint density at radius 2 is 2.46 bits per heavy atom. The standard InChI is InChI=1S/C11H14N2/c1-9-6-11(4-5-13-9)8-12-7-10-2-3-10/h4-6,8,10H,2-3,7H2,1H3. The predicted octanol–water partition coefficient (Wildman–Crippen LogP) is 2.22. The van der Waals surface area contributed by atoms with Crippen molar-refractivity contribution in [3.8, 4) is 0 Å². The van der Waals surface area contributed by atoms with Gasteiger partial charge in [0, 0.05) is 24.7 Å². The second-order valence-electron chi connectivity index (χ2n) is 3.67. The Bertz CT molecular complexity index is 314. The molecule has 1 aliphatic carbocycles. The molecule has 1 aliphatic rings. The van der Waals surface area contributed by atoms with E-state index in [1.54, 1.807) is 0 Å². The van der Waals surface area contributed by atoms with Gasteiger partial charge in [0.2, 0.25) is 0 Å². The minimum Gasteiger partial charge on any atom is -0.292 e. The third kappa shape index (κ3) is 2.65. The van der Waals surface area contributed by atoms with Crippen LogP contribution in [-0.2, 0) is 0 Å². The Labute approximate surface area is 78.7 Å². The fourth-order valence-electron chi connectivity index (χ4n) is 1.26. The van der Waals surface area contributed by atoms with Crippen molar-refractivity contribution in [1.29, 1.82) is 0 Å². The van der Waals surface area contributed by atoms with E-state index in [2.05, 4.69) is 16.0 Å². The van der Waals surface area contributed by atoms with Crippen LogP contribution in [0.2, 0.25) is 0 Å². The van der Waals surface area contributed by atoms with Gasteiger partial charge in [0.15, 0.2) is 0 Å². The number of aryl methyl sites for hydroxylation is 1. The largest absolute Gasteiger partial charge is 0.292 e. The van der Waals surface area contributed by atoms with Crippen molar-refractivity contribution in [3.63, 3.8) is 0 Å². The maximum atomic E-state index is 4.39. The van der Waals surface area contributed by atoms with E-state index >= 15 is 0 Å². The summed E-state index contributed by atoms with van der Waals surface area (Å²) in [4.78, 5) is 8.53. The van der Waals surface area contributed by atoms with Crippen LogP contribution in [0.4, 0.5) is 0 Å². The summed E-state index contributed by atoms with van der Waals surface area (Å²) in [7, 11) is 0. The lowest BCUT2D eigenvalue weighted by Crippen LogP contribution is -1.88. The van der Waals surface area contributed by atoms with Crippen LogP contribution in [0.5, 0.6) is 0 Å². The maximum absolute atomic E-state index is 4.39. The van der Waals surface area contributed by atoms with Crippen LogP contribution in [0.1, 0.15) is 24.1 Å². The van der Waals surface area contributed by atoms with Gasteiger partial charge in [-0.3, -0.25) is 9.98 Å². The van der Waals surface area contributed by atoms with E-state index < -0.39 is 0 Å². The van der Waals surface area contributed by atoms with Crippen molar-refractivity contribution in [3.05, 3.63) is 29.6 Å². The Morgan fingerprint density at radius 3 is 3.15 bits per heavy atom. The van der Waals surface area contributed by atoms with Crippen LogP contribution < -0.4 is 0 Å². The Kier molecular flexibility index (Phi) is 2.39. The van der Waals surface area contributed by atoms with Crippen molar-refractivity contribution < 1.29 is 0 Å². The van der Waals surface area contributed by atoms with Gasteiger partial charge in [-0.2, -0.15) is 0 Å². The van der Waals surface area contributed by atoms with Gasteiger partial charge in [0.05, 0.1) is 0 Å². The van der Waals surface area contributed by atoms with Crippen molar-refractivity contribution in [2.45, 2.75) is 19.8 Å². The zero-order valence-corrected chi connectivity index (χ0v) is 7.90. The molecule has 2 heteroatoms. The van der Waals surface area contributed by atoms with E-state index in [0.717, 1.165) is 23.7 Å². The van der Waals surface area contributed by atoms with E-state index in [-0.39, 0.29) is 0 Å². The zero-order chi connectivity index (χ0) is 9.10. The summed E-state index contributed by atoms with van der Waals surface area (Å²) in [6.07, 6.45) is 6.51. The summed E-state index contributed by atoms with van der Waals surface area (Å²) in [6.45, 7) is 3.00. The van der Waals surface area contributed by atoms with Crippen LogP contribution in [0, 0.1) is 12.8 Å². The first kappa shape index (κ1) is 8.42. The smallest absolute Gasteiger partial charge is 0.0417 e. The van der Waals surface area contributed by atoms with Gasteiger partial charge in [-0.25, -0.2) is 0 Å². The minimum absolute atomic E-state index is 0.874. The Morgan fingerprint density at radius 1 is 1.62 bits per heavy atom. The molecule has 1 aromatic heterocycles. The summed E-state index contributed by atoms with van der Waals surface area (Å²) >= 11 is 0. The molecule has 0 spiro atoms. The molecule has 0 bridgehead atoms. The van der Waals surface area contributed by atoms with Gasteiger partial charge < -0.3 is 0 Å². The van der Waals surface area contributed by atoms with E-state index in [1.807, 2.05) is 25.4 Å². The number of aromatic nitrogens is 1. The monoisotopic (exact) mass is 174 g/mol. The van der Waals surface area contributed by atoms with Gasteiger partial charge >= 0.3 is 0 Å². The molecule has 0 unspecified atom stereocenters. The van der Waals surface area contributed by atoms with Crippen molar-refractivity contribution >= 4 is 6.21 Å². The highest BCUT2D eigenvalue weighted by Gasteiger charge is 2.19. The number of hydrogen-bond acceptors (Lipinski definition) is 2. The Hall–Kier alpha value is -1.18. The number of aliphatic imine (C=N–C) groups is 1. The number of nitrogens with zero attached hydrogens (tertiary/aromatic N) is 2. The van der Waals surface area contributed by atoms with Gasteiger partial charge in [-0.05, 0) is 43.4 Å². The normalized spacial score (nSPS) is 16.7. The Balaban J connectivity index is 1.95. The lowest BCUT2D eigenvalue weighted by atomic mass is 10.2. The van der Waals surface area contributed by atoms with Crippen LogP contribution in [0.3, 0.4) is 0 Å². The highest BCUT2D eigenvalue weighted by atomic mass is 14.7. The van der Waals surface area contributed by atoms with Gasteiger partial charge in [-0.1, -0.05) is 0 Å². The number of rotatable bonds is 3. The molecule has 1 heterocycles. The van der Waals surface area contributed by atoms with E-state index in [1.165, 1.54) is 12.8 Å². The summed E-state index contributed by atoms with van der Waals surface area (Å²) in [5.74, 6) is 0.874. The molecule has 1 aromatic rings. The highest BCUT2D eigenvalue weighted by molar-refractivity contribution is 5.79. The average Bonchev–Trinajstić information content (AvgIpc) is 2.88. The van der Waals surface area contributed by atoms with Crippen LogP contribution in [0.15, 0.2) is 23.3 Å². The molecule has 2 nitrogen and oxygen atoms in total. The second-order valence-corrected chi connectivity index (χ2v) is 3.67. The quantitative estimate of drug-likeness (QED) is 0.645. The maximum Gasteiger partial charge on any atom is 0.0417 e. The molecule has 2 rings (SSSR count). The van der Waals surface area contributed by atoms with Gasteiger partial charge in [-0.15, -0.1) is 0 Å². The van der Waals surface area contributed by atoms with Crippen LogP contribution >= 0.6 is 0 Å². The van der Waals surface area contributed by atoms with Crippen molar-refractivity contribution in [2.75, 3.05) is 6.54 Å². The van der Waals surface area contributed by atoms with Crippen molar-refractivity contribution in [2.24, 2.45) is 10.9 Å². The molecule has 0 radical (unpaired) electrons. The molecule has 1 fully saturated rings. The highest BCUT2D eigenvalue weighted by Crippen LogP contribution is 2.28.